The summed E-state index contributed by atoms with van der Waals surface area (Å²) in [5.41, 5.74) is 5.99. The normalized spacial score (nSPS) is 10.8. The average Bonchev–Trinajstić information content (AvgIpc) is 2.66. The minimum atomic E-state index is -0.645. The van der Waals surface area contributed by atoms with Crippen molar-refractivity contribution >= 4 is 40.8 Å². The van der Waals surface area contributed by atoms with E-state index in [9.17, 15) is 14.4 Å². The van der Waals surface area contributed by atoms with E-state index in [0.717, 1.165) is 18.4 Å². The van der Waals surface area contributed by atoms with Gasteiger partial charge in [-0.1, -0.05) is 37.1 Å². The molecule has 0 spiro atoms. The van der Waals surface area contributed by atoms with Crippen molar-refractivity contribution in [1.82, 2.24) is 9.55 Å². The van der Waals surface area contributed by atoms with Crippen LogP contribution in [0.3, 0.4) is 0 Å². The number of amides is 1. The molecule has 0 bridgehead atoms. The standard InChI is InChI=1S/C19H25ClN4O3S/c1-3-5-10-24-17(21)16(18(26)22-19(24)27)23(4-2)15(25)12-28-11-13-6-8-14(20)9-7-13/h6-9H,3-5,10-12,21H2,1-2H3,(H,22,26,27). The Balaban J connectivity index is 2.16. The number of carbonyl (C=O) groups is 1. The van der Waals surface area contributed by atoms with E-state index in [0.29, 0.717) is 17.3 Å². The van der Waals surface area contributed by atoms with Gasteiger partial charge in [-0.25, -0.2) is 4.79 Å². The molecule has 1 aromatic carbocycles. The van der Waals surface area contributed by atoms with Crippen LogP contribution in [0, 0.1) is 0 Å². The van der Waals surface area contributed by atoms with Gasteiger partial charge in [-0.3, -0.25) is 19.1 Å². The van der Waals surface area contributed by atoms with E-state index in [4.69, 9.17) is 17.3 Å². The van der Waals surface area contributed by atoms with Crippen molar-refractivity contribution in [2.24, 2.45) is 0 Å². The molecule has 1 amide bonds. The summed E-state index contributed by atoms with van der Waals surface area (Å²) in [4.78, 5) is 40.8. The maximum Gasteiger partial charge on any atom is 0.330 e. The van der Waals surface area contributed by atoms with Gasteiger partial charge in [0.25, 0.3) is 5.56 Å². The van der Waals surface area contributed by atoms with Crippen LogP contribution in [0.15, 0.2) is 33.9 Å². The van der Waals surface area contributed by atoms with Gasteiger partial charge in [0.2, 0.25) is 5.91 Å². The summed E-state index contributed by atoms with van der Waals surface area (Å²) in [5, 5.41) is 0.662. The van der Waals surface area contributed by atoms with Gasteiger partial charge in [-0.05, 0) is 31.0 Å². The number of nitrogens with zero attached hydrogens (tertiary/aromatic N) is 2. The SMILES string of the molecule is CCCCn1c(N)c(N(CC)C(=O)CSCc2ccc(Cl)cc2)c(=O)[nH]c1=O. The molecule has 0 unspecified atom stereocenters. The van der Waals surface area contributed by atoms with Gasteiger partial charge >= 0.3 is 5.69 Å². The van der Waals surface area contributed by atoms with Crippen LogP contribution < -0.4 is 21.9 Å². The zero-order valence-electron chi connectivity index (χ0n) is 16.0. The number of anilines is 2. The topological polar surface area (TPSA) is 101 Å². The second-order valence-electron chi connectivity index (χ2n) is 6.26. The quantitative estimate of drug-likeness (QED) is 0.644. The van der Waals surface area contributed by atoms with Crippen LogP contribution in [0.1, 0.15) is 32.3 Å². The molecule has 9 heteroatoms. The lowest BCUT2D eigenvalue weighted by Gasteiger charge is -2.23. The molecule has 28 heavy (non-hydrogen) atoms. The van der Waals surface area contributed by atoms with Gasteiger partial charge in [0.05, 0.1) is 5.75 Å². The van der Waals surface area contributed by atoms with Crippen LogP contribution in [-0.4, -0.2) is 27.8 Å². The lowest BCUT2D eigenvalue weighted by molar-refractivity contribution is -0.116. The van der Waals surface area contributed by atoms with Crippen LogP contribution in [-0.2, 0) is 17.1 Å². The minimum absolute atomic E-state index is 0.0279. The molecule has 7 nitrogen and oxygen atoms in total. The Kier molecular flexibility index (Phi) is 8.19. The Morgan fingerprint density at radius 2 is 1.93 bits per heavy atom. The third-order valence-electron chi connectivity index (χ3n) is 4.24. The Labute approximate surface area is 172 Å². The van der Waals surface area contributed by atoms with Gasteiger partial charge in [-0.15, -0.1) is 11.8 Å². The number of aromatic nitrogens is 2. The molecular formula is C19H25ClN4O3S. The number of thioether (sulfide) groups is 1. The van der Waals surface area contributed by atoms with E-state index in [2.05, 4.69) is 4.98 Å². The fourth-order valence-electron chi connectivity index (χ4n) is 2.75. The Bertz CT molecular complexity index is 924. The van der Waals surface area contributed by atoms with E-state index in [1.165, 1.54) is 21.2 Å². The molecule has 0 saturated carbocycles. The van der Waals surface area contributed by atoms with Gasteiger partial charge in [0, 0.05) is 23.9 Å². The fraction of sp³-hybridized carbons (Fsp3) is 0.421. The van der Waals surface area contributed by atoms with Crippen molar-refractivity contribution in [3.63, 3.8) is 0 Å². The first-order valence-electron chi connectivity index (χ1n) is 9.14. The number of carbonyl (C=O) groups excluding carboxylic acids is 1. The van der Waals surface area contributed by atoms with Crippen LogP contribution in [0.25, 0.3) is 0 Å². The van der Waals surface area contributed by atoms with Gasteiger partial charge in [0.1, 0.15) is 5.82 Å². The number of nitrogens with one attached hydrogen (secondary N) is 1. The third kappa shape index (κ3) is 5.42. The fourth-order valence-corrected chi connectivity index (χ4v) is 3.74. The Morgan fingerprint density at radius 1 is 1.25 bits per heavy atom. The number of H-pyrrole nitrogens is 1. The maximum atomic E-state index is 12.7. The number of rotatable bonds is 9. The molecule has 2 rings (SSSR count). The van der Waals surface area contributed by atoms with Crippen molar-refractivity contribution in [2.75, 3.05) is 22.9 Å². The number of aromatic amines is 1. The van der Waals surface area contributed by atoms with Crippen molar-refractivity contribution in [3.05, 3.63) is 55.7 Å². The van der Waals surface area contributed by atoms with Crippen molar-refractivity contribution in [1.29, 1.82) is 0 Å². The molecule has 0 aliphatic rings. The van der Waals surface area contributed by atoms with E-state index in [1.807, 2.05) is 19.1 Å². The van der Waals surface area contributed by atoms with E-state index >= 15 is 0 Å². The predicted octanol–water partition coefficient (Wildman–Crippen LogP) is 2.86. The lowest BCUT2D eigenvalue weighted by Crippen LogP contribution is -2.41. The highest BCUT2D eigenvalue weighted by Crippen LogP contribution is 2.20. The molecule has 1 heterocycles. The molecule has 0 fully saturated rings. The van der Waals surface area contributed by atoms with Crippen molar-refractivity contribution in [2.45, 2.75) is 39.0 Å². The van der Waals surface area contributed by atoms with Gasteiger partial charge in [0.15, 0.2) is 5.69 Å². The largest absolute Gasteiger partial charge is 0.383 e. The van der Waals surface area contributed by atoms with Crippen molar-refractivity contribution in [3.8, 4) is 0 Å². The third-order valence-corrected chi connectivity index (χ3v) is 5.48. The van der Waals surface area contributed by atoms with Crippen LogP contribution in [0.4, 0.5) is 11.5 Å². The Morgan fingerprint density at radius 3 is 2.54 bits per heavy atom. The number of benzene rings is 1. The second kappa shape index (κ2) is 10.4. The monoisotopic (exact) mass is 424 g/mol. The number of halogens is 1. The summed E-state index contributed by atoms with van der Waals surface area (Å²) < 4.78 is 1.32. The second-order valence-corrected chi connectivity index (χ2v) is 7.68. The van der Waals surface area contributed by atoms with Crippen LogP contribution >= 0.6 is 23.4 Å². The van der Waals surface area contributed by atoms with E-state index < -0.39 is 11.2 Å². The summed E-state index contributed by atoms with van der Waals surface area (Å²) in [5.74, 6) is 0.616. The van der Waals surface area contributed by atoms with E-state index in [-0.39, 0.29) is 29.7 Å². The summed E-state index contributed by atoms with van der Waals surface area (Å²) >= 11 is 7.31. The lowest BCUT2D eigenvalue weighted by atomic mass is 10.2. The number of hydrogen-bond acceptors (Lipinski definition) is 5. The van der Waals surface area contributed by atoms with Crippen LogP contribution in [0.5, 0.6) is 0 Å². The summed E-state index contributed by atoms with van der Waals surface area (Å²) in [6, 6.07) is 7.42. The maximum absolute atomic E-state index is 12.7. The summed E-state index contributed by atoms with van der Waals surface area (Å²) in [6.07, 6.45) is 1.62. The number of hydrogen-bond donors (Lipinski definition) is 2. The predicted molar refractivity (Wildman–Crippen MR) is 116 cm³/mol. The molecule has 0 atom stereocenters. The molecule has 2 aromatic rings. The highest BCUT2D eigenvalue weighted by atomic mass is 35.5. The van der Waals surface area contributed by atoms with E-state index in [1.54, 1.807) is 19.1 Å². The molecule has 152 valence electrons. The molecule has 0 aliphatic carbocycles. The molecule has 0 radical (unpaired) electrons. The number of nitrogen functional groups attached to an aromatic ring is 1. The minimum Gasteiger partial charge on any atom is -0.383 e. The Hall–Kier alpha value is -2.19. The molecule has 1 aromatic heterocycles. The number of unbranched alkanes of at least 4 members (excludes halogenated alkanes) is 1. The van der Waals surface area contributed by atoms with Crippen molar-refractivity contribution < 1.29 is 4.79 Å². The van der Waals surface area contributed by atoms with Gasteiger partial charge in [-0.2, -0.15) is 0 Å². The summed E-state index contributed by atoms with van der Waals surface area (Å²) in [6.45, 7) is 4.43. The molecule has 0 saturated heterocycles. The van der Waals surface area contributed by atoms with Crippen LogP contribution in [0.2, 0.25) is 5.02 Å². The molecule has 3 N–H and O–H groups in total. The zero-order valence-corrected chi connectivity index (χ0v) is 17.6. The van der Waals surface area contributed by atoms with Gasteiger partial charge < -0.3 is 10.6 Å². The number of nitrogens with two attached hydrogens (primary N) is 1. The molecular weight excluding hydrogens is 400 g/mol. The molecule has 0 aliphatic heterocycles. The zero-order chi connectivity index (χ0) is 20.7. The highest BCUT2D eigenvalue weighted by molar-refractivity contribution is 7.99. The first kappa shape index (κ1) is 22.1. The summed E-state index contributed by atoms with van der Waals surface area (Å²) in [7, 11) is 0. The highest BCUT2D eigenvalue weighted by Gasteiger charge is 2.22. The smallest absolute Gasteiger partial charge is 0.330 e. The first-order valence-corrected chi connectivity index (χ1v) is 10.7. The first-order chi connectivity index (χ1) is 13.4. The average molecular weight is 425 g/mol.